The molecule has 0 radical (unpaired) electrons. The Bertz CT molecular complexity index is 977. The van der Waals surface area contributed by atoms with E-state index in [1.807, 2.05) is 4.90 Å². The van der Waals surface area contributed by atoms with Gasteiger partial charge in [-0.25, -0.2) is 18.5 Å². The summed E-state index contributed by atoms with van der Waals surface area (Å²) in [6.07, 6.45) is 3.17. The summed E-state index contributed by atoms with van der Waals surface area (Å²) < 4.78 is 25.4. The van der Waals surface area contributed by atoms with Crippen molar-refractivity contribution >= 4 is 38.7 Å². The van der Waals surface area contributed by atoms with E-state index in [0.717, 1.165) is 49.6 Å². The third kappa shape index (κ3) is 5.32. The number of hydrogen-bond donors (Lipinski definition) is 1. The average molecular weight is 439 g/mol. The monoisotopic (exact) mass is 438 g/mol. The van der Waals surface area contributed by atoms with E-state index in [2.05, 4.69) is 30.3 Å². The molecule has 29 heavy (non-hydrogen) atoms. The number of fused-ring (bicyclic) bond motifs is 1. The number of benzene rings is 1. The lowest BCUT2D eigenvalue weighted by molar-refractivity contribution is -0.130. The van der Waals surface area contributed by atoms with Crippen molar-refractivity contribution < 1.29 is 13.2 Å². The first kappa shape index (κ1) is 22.1. The van der Waals surface area contributed by atoms with Gasteiger partial charge in [-0.2, -0.15) is 0 Å². The molecule has 1 aliphatic heterocycles. The van der Waals surface area contributed by atoms with Crippen LogP contribution >= 0.6 is 11.8 Å². The highest BCUT2D eigenvalue weighted by Gasteiger charge is 2.26. The van der Waals surface area contributed by atoms with E-state index in [-0.39, 0.29) is 10.8 Å². The largest absolute Gasteiger partial charge is 0.341 e. The van der Waals surface area contributed by atoms with Gasteiger partial charge in [0, 0.05) is 19.6 Å². The molecule has 1 saturated heterocycles. The average Bonchev–Trinajstić information content (AvgIpc) is 2.99. The fraction of sp³-hybridized carbons (Fsp3) is 0.600. The normalized spacial score (nSPS) is 20.3. The maximum atomic E-state index is 12.8. The number of thioether (sulfide) groups is 1. The first-order valence-corrected chi connectivity index (χ1v) is 12.7. The van der Waals surface area contributed by atoms with Crippen LogP contribution in [0.15, 0.2) is 28.3 Å². The first-order chi connectivity index (χ1) is 13.7. The number of primary sulfonamides is 1. The van der Waals surface area contributed by atoms with E-state index >= 15 is 0 Å². The highest BCUT2D eigenvalue weighted by Crippen LogP contribution is 2.28. The molecule has 9 heteroatoms. The molecule has 1 amide bonds. The number of sulfonamides is 1. The Balaban J connectivity index is 1.82. The summed E-state index contributed by atoms with van der Waals surface area (Å²) in [5, 5.41) is 6.00. The van der Waals surface area contributed by atoms with Gasteiger partial charge in [-0.1, -0.05) is 39.0 Å². The van der Waals surface area contributed by atoms with E-state index in [4.69, 9.17) is 5.14 Å². The maximum Gasteiger partial charge on any atom is 0.238 e. The molecule has 1 fully saturated rings. The van der Waals surface area contributed by atoms with Crippen molar-refractivity contribution in [1.82, 2.24) is 14.5 Å². The zero-order chi connectivity index (χ0) is 21.2. The standard InChI is InChI=1S/C20H30N4O3S2/c1-4-5-8-24-18-7-6-16(29(21,26)27)10-17(18)22-20(24)28-13-19(25)23-11-14(2)9-15(3)12-23/h6-7,10,14-15H,4-5,8-9,11-13H2,1-3H3,(H2,21,26,27)/t14-,15-/m0/s1. The van der Waals surface area contributed by atoms with E-state index in [1.165, 1.54) is 23.9 Å². The highest BCUT2D eigenvalue weighted by molar-refractivity contribution is 7.99. The Morgan fingerprint density at radius 3 is 2.59 bits per heavy atom. The lowest BCUT2D eigenvalue weighted by Gasteiger charge is -2.35. The highest BCUT2D eigenvalue weighted by atomic mass is 32.2. The molecule has 1 aromatic heterocycles. The molecular weight excluding hydrogens is 408 g/mol. The molecule has 2 atom stereocenters. The van der Waals surface area contributed by atoms with Crippen LogP contribution in [0.3, 0.4) is 0 Å². The number of carbonyl (C=O) groups is 1. The Labute approximate surface area is 177 Å². The van der Waals surface area contributed by atoms with Gasteiger partial charge in [0.25, 0.3) is 0 Å². The van der Waals surface area contributed by atoms with Crippen molar-refractivity contribution in [3.8, 4) is 0 Å². The van der Waals surface area contributed by atoms with Gasteiger partial charge in [-0.15, -0.1) is 0 Å². The zero-order valence-corrected chi connectivity index (χ0v) is 18.9. The number of hydrogen-bond acceptors (Lipinski definition) is 5. The number of nitrogens with two attached hydrogens (primary N) is 1. The molecule has 0 bridgehead atoms. The summed E-state index contributed by atoms with van der Waals surface area (Å²) in [5.74, 6) is 1.52. The van der Waals surface area contributed by atoms with Gasteiger partial charge in [0.05, 0.1) is 21.7 Å². The summed E-state index contributed by atoms with van der Waals surface area (Å²) in [6, 6.07) is 4.77. The minimum absolute atomic E-state index is 0.0501. The first-order valence-electron chi connectivity index (χ1n) is 10.1. The number of rotatable bonds is 7. The van der Waals surface area contributed by atoms with Crippen molar-refractivity contribution in [3.63, 3.8) is 0 Å². The van der Waals surface area contributed by atoms with Crippen LogP contribution in [0.1, 0.15) is 40.0 Å². The van der Waals surface area contributed by atoms with E-state index in [0.29, 0.717) is 23.1 Å². The number of aryl methyl sites for hydroxylation is 1. The van der Waals surface area contributed by atoms with Crippen LogP contribution in [0.25, 0.3) is 11.0 Å². The maximum absolute atomic E-state index is 12.8. The molecule has 0 aliphatic carbocycles. The molecule has 0 saturated carbocycles. The minimum atomic E-state index is -3.78. The lowest BCUT2D eigenvalue weighted by Crippen LogP contribution is -2.43. The van der Waals surface area contributed by atoms with Crippen LogP contribution in [0, 0.1) is 11.8 Å². The van der Waals surface area contributed by atoms with Gasteiger partial charge in [0.1, 0.15) is 0 Å². The smallest absolute Gasteiger partial charge is 0.238 e. The quantitative estimate of drug-likeness (QED) is 0.670. The van der Waals surface area contributed by atoms with Crippen molar-refractivity contribution in [2.45, 2.75) is 56.6 Å². The third-order valence-corrected chi connectivity index (χ3v) is 7.17. The molecule has 3 rings (SSSR count). The van der Waals surface area contributed by atoms with Gasteiger partial charge in [-0.3, -0.25) is 4.79 Å². The molecule has 2 heterocycles. The van der Waals surface area contributed by atoms with Crippen LogP contribution in [0.4, 0.5) is 0 Å². The zero-order valence-electron chi connectivity index (χ0n) is 17.3. The van der Waals surface area contributed by atoms with Crippen LogP contribution in [0.5, 0.6) is 0 Å². The molecule has 1 aliphatic rings. The molecule has 1 aromatic carbocycles. The van der Waals surface area contributed by atoms with Crippen LogP contribution in [-0.4, -0.2) is 47.6 Å². The van der Waals surface area contributed by atoms with E-state index in [1.54, 1.807) is 6.07 Å². The molecule has 0 spiro atoms. The second-order valence-electron chi connectivity index (χ2n) is 8.13. The Hall–Kier alpha value is -1.58. The number of carbonyl (C=O) groups excluding carboxylic acids is 1. The predicted molar refractivity (Wildman–Crippen MR) is 116 cm³/mol. The Morgan fingerprint density at radius 1 is 1.28 bits per heavy atom. The molecule has 2 N–H and O–H groups in total. The van der Waals surface area contributed by atoms with Gasteiger partial charge in [0.15, 0.2) is 5.16 Å². The number of piperidine rings is 1. The second kappa shape index (κ2) is 9.06. The van der Waals surface area contributed by atoms with E-state index < -0.39 is 10.0 Å². The van der Waals surface area contributed by atoms with Crippen molar-refractivity contribution in [2.75, 3.05) is 18.8 Å². The van der Waals surface area contributed by atoms with Gasteiger partial charge >= 0.3 is 0 Å². The Kier molecular flexibility index (Phi) is 6.90. The molecular formula is C20H30N4O3S2. The minimum Gasteiger partial charge on any atom is -0.341 e. The number of amides is 1. The van der Waals surface area contributed by atoms with Crippen LogP contribution in [0.2, 0.25) is 0 Å². The molecule has 2 aromatic rings. The number of unbranched alkanes of at least 4 members (excludes halogenated alkanes) is 1. The molecule has 0 unspecified atom stereocenters. The Morgan fingerprint density at radius 2 is 1.97 bits per heavy atom. The van der Waals surface area contributed by atoms with Gasteiger partial charge < -0.3 is 9.47 Å². The number of imidazole rings is 1. The van der Waals surface area contributed by atoms with Crippen molar-refractivity contribution in [2.24, 2.45) is 17.0 Å². The fourth-order valence-corrected chi connectivity index (χ4v) is 5.47. The lowest BCUT2D eigenvalue weighted by atomic mass is 9.92. The summed E-state index contributed by atoms with van der Waals surface area (Å²) in [4.78, 5) is 19.4. The van der Waals surface area contributed by atoms with Gasteiger partial charge in [0.2, 0.25) is 15.9 Å². The summed E-state index contributed by atoms with van der Waals surface area (Å²) >= 11 is 1.42. The second-order valence-corrected chi connectivity index (χ2v) is 10.6. The predicted octanol–water partition coefficient (Wildman–Crippen LogP) is 3.08. The fourth-order valence-electron chi connectivity index (χ4n) is 3.99. The molecule has 160 valence electrons. The summed E-state index contributed by atoms with van der Waals surface area (Å²) in [5.41, 5.74) is 1.45. The van der Waals surface area contributed by atoms with Crippen LogP contribution in [-0.2, 0) is 21.4 Å². The van der Waals surface area contributed by atoms with Gasteiger partial charge in [-0.05, 0) is 42.9 Å². The van der Waals surface area contributed by atoms with Crippen LogP contribution < -0.4 is 5.14 Å². The molecule has 7 nitrogen and oxygen atoms in total. The van der Waals surface area contributed by atoms with Crippen molar-refractivity contribution in [1.29, 1.82) is 0 Å². The topological polar surface area (TPSA) is 98.3 Å². The SMILES string of the molecule is CCCCn1c(SCC(=O)N2C[C@@H](C)C[C@H](C)C2)nc2cc(S(N)(=O)=O)ccc21. The van der Waals surface area contributed by atoms with Crippen molar-refractivity contribution in [3.05, 3.63) is 18.2 Å². The van der Waals surface area contributed by atoms with E-state index in [9.17, 15) is 13.2 Å². The third-order valence-electron chi connectivity index (χ3n) is 5.29. The number of aromatic nitrogens is 2. The summed E-state index contributed by atoms with van der Waals surface area (Å²) in [6.45, 7) is 8.90. The number of likely N-dealkylation sites (tertiary alicyclic amines) is 1. The summed E-state index contributed by atoms with van der Waals surface area (Å²) in [7, 11) is -3.78. The number of nitrogens with zero attached hydrogens (tertiary/aromatic N) is 3.